The lowest BCUT2D eigenvalue weighted by Gasteiger charge is -2.33. The largest absolute Gasteiger partial charge is 0.361 e. The molecule has 1 N–H and O–H groups in total. The predicted octanol–water partition coefficient (Wildman–Crippen LogP) is 2.77. The van der Waals surface area contributed by atoms with Crippen LogP contribution in [-0.4, -0.2) is 38.4 Å². The van der Waals surface area contributed by atoms with Gasteiger partial charge in [0.05, 0.1) is 18.8 Å². The van der Waals surface area contributed by atoms with E-state index in [0.717, 1.165) is 42.4 Å². The molecule has 0 spiro atoms. The first-order valence-electron chi connectivity index (χ1n) is 8.11. The molecule has 1 fully saturated rings. The fraction of sp³-hybridized carbons (Fsp3) is 0.333. The molecule has 2 aromatic heterocycles. The summed E-state index contributed by atoms with van der Waals surface area (Å²) in [6.07, 6.45) is 10.2. The van der Waals surface area contributed by atoms with Crippen LogP contribution >= 0.6 is 0 Å². The van der Waals surface area contributed by atoms with Gasteiger partial charge in [0.15, 0.2) is 0 Å². The molecule has 1 saturated heterocycles. The first-order valence-corrected chi connectivity index (χ1v) is 8.11. The zero-order valence-electron chi connectivity index (χ0n) is 13.0. The molecule has 118 valence electrons. The molecule has 0 radical (unpaired) electrons. The number of H-pyrrole nitrogens is 1. The van der Waals surface area contributed by atoms with Gasteiger partial charge in [0.2, 0.25) is 5.91 Å². The summed E-state index contributed by atoms with van der Waals surface area (Å²) in [5, 5.41) is 1.14. The molecule has 3 aromatic rings. The molecule has 5 nitrogen and oxygen atoms in total. The standard InChI is InChI=1S/C18H20N4O/c23-18(10-14-11-20-17-6-2-1-5-16(14)17)21-8-3-4-15(12-21)22-9-7-19-13-22/h1-2,5-7,9,11,13,15,20H,3-4,8,10,12H2. The molecule has 4 rings (SSSR count). The zero-order chi connectivity index (χ0) is 15.6. The normalized spacial score (nSPS) is 18.4. The van der Waals surface area contributed by atoms with Crippen LogP contribution in [0.1, 0.15) is 24.4 Å². The minimum atomic E-state index is 0.208. The predicted molar refractivity (Wildman–Crippen MR) is 89.1 cm³/mol. The number of fused-ring (bicyclic) bond motifs is 1. The van der Waals surface area contributed by atoms with Crippen LogP contribution < -0.4 is 0 Å². The van der Waals surface area contributed by atoms with Gasteiger partial charge < -0.3 is 14.5 Å². The van der Waals surface area contributed by atoms with Gasteiger partial charge in [0, 0.05) is 42.6 Å². The lowest BCUT2D eigenvalue weighted by molar-refractivity contribution is -0.132. The first kappa shape index (κ1) is 14.1. The lowest BCUT2D eigenvalue weighted by atomic mass is 10.0. The number of carbonyl (C=O) groups excluding carboxylic acids is 1. The summed E-state index contributed by atoms with van der Waals surface area (Å²) in [5.74, 6) is 0.208. The van der Waals surface area contributed by atoms with E-state index in [-0.39, 0.29) is 5.91 Å². The van der Waals surface area contributed by atoms with Crippen molar-refractivity contribution in [1.82, 2.24) is 19.4 Å². The smallest absolute Gasteiger partial charge is 0.227 e. The Kier molecular flexibility index (Phi) is 3.61. The number of para-hydroxylation sites is 1. The van der Waals surface area contributed by atoms with Gasteiger partial charge in [-0.3, -0.25) is 4.79 Å². The lowest BCUT2D eigenvalue weighted by Crippen LogP contribution is -2.41. The summed E-state index contributed by atoms with van der Waals surface area (Å²) in [6.45, 7) is 1.63. The molecule has 5 heteroatoms. The van der Waals surface area contributed by atoms with Crippen molar-refractivity contribution in [2.75, 3.05) is 13.1 Å². The maximum atomic E-state index is 12.7. The number of rotatable bonds is 3. The Morgan fingerprint density at radius 3 is 3.13 bits per heavy atom. The maximum absolute atomic E-state index is 12.7. The first-order chi connectivity index (χ1) is 11.3. The third-order valence-electron chi connectivity index (χ3n) is 4.71. The molecule has 3 heterocycles. The SMILES string of the molecule is O=C(Cc1c[nH]c2ccccc12)N1CCCC(n2ccnc2)C1. The van der Waals surface area contributed by atoms with Crippen molar-refractivity contribution in [3.8, 4) is 0 Å². The van der Waals surface area contributed by atoms with Gasteiger partial charge >= 0.3 is 0 Å². The molecule has 23 heavy (non-hydrogen) atoms. The van der Waals surface area contributed by atoms with Gasteiger partial charge in [0.25, 0.3) is 0 Å². The van der Waals surface area contributed by atoms with Crippen molar-refractivity contribution >= 4 is 16.8 Å². The molecule has 1 aliphatic heterocycles. The average molecular weight is 308 g/mol. The Labute approximate surface area is 134 Å². The number of piperidine rings is 1. The third kappa shape index (κ3) is 2.74. The summed E-state index contributed by atoms with van der Waals surface area (Å²) in [5.41, 5.74) is 2.17. The van der Waals surface area contributed by atoms with Gasteiger partial charge in [-0.15, -0.1) is 0 Å². The molecular weight excluding hydrogens is 288 g/mol. The van der Waals surface area contributed by atoms with Crippen LogP contribution in [0.4, 0.5) is 0 Å². The van der Waals surface area contributed by atoms with Gasteiger partial charge in [-0.2, -0.15) is 0 Å². The fourth-order valence-corrected chi connectivity index (χ4v) is 3.46. The monoisotopic (exact) mass is 308 g/mol. The topological polar surface area (TPSA) is 53.9 Å². The second-order valence-electron chi connectivity index (χ2n) is 6.18. The molecule has 0 aliphatic carbocycles. The van der Waals surface area contributed by atoms with Crippen molar-refractivity contribution in [3.05, 3.63) is 54.7 Å². The van der Waals surface area contributed by atoms with Gasteiger partial charge in [-0.1, -0.05) is 18.2 Å². The van der Waals surface area contributed by atoms with Gasteiger partial charge in [0.1, 0.15) is 0 Å². The molecule has 0 bridgehead atoms. The third-order valence-corrected chi connectivity index (χ3v) is 4.71. The summed E-state index contributed by atoms with van der Waals surface area (Å²) in [6, 6.07) is 8.47. The molecule has 1 amide bonds. The van der Waals surface area contributed by atoms with E-state index in [4.69, 9.17) is 0 Å². The van der Waals surface area contributed by atoms with Crippen LogP contribution in [0.5, 0.6) is 0 Å². The molecule has 0 saturated carbocycles. The summed E-state index contributed by atoms with van der Waals surface area (Å²) in [7, 11) is 0. The maximum Gasteiger partial charge on any atom is 0.227 e. The second-order valence-corrected chi connectivity index (χ2v) is 6.18. The van der Waals surface area contributed by atoms with E-state index < -0.39 is 0 Å². The number of likely N-dealkylation sites (tertiary alicyclic amines) is 1. The van der Waals surface area contributed by atoms with Crippen molar-refractivity contribution < 1.29 is 4.79 Å². The Morgan fingerprint density at radius 2 is 2.26 bits per heavy atom. The highest BCUT2D eigenvalue weighted by molar-refractivity contribution is 5.88. The second kappa shape index (κ2) is 5.91. The number of benzene rings is 1. The van der Waals surface area contributed by atoms with Crippen molar-refractivity contribution in [1.29, 1.82) is 0 Å². The van der Waals surface area contributed by atoms with Crippen LogP contribution in [0.2, 0.25) is 0 Å². The minimum Gasteiger partial charge on any atom is -0.361 e. The van der Waals surface area contributed by atoms with E-state index in [1.165, 1.54) is 0 Å². The molecule has 1 unspecified atom stereocenters. The Balaban J connectivity index is 1.48. The molecule has 1 atom stereocenters. The van der Waals surface area contributed by atoms with Crippen molar-refractivity contribution in [3.63, 3.8) is 0 Å². The number of amides is 1. The van der Waals surface area contributed by atoms with E-state index in [1.807, 2.05) is 41.8 Å². The van der Waals surface area contributed by atoms with E-state index >= 15 is 0 Å². The van der Waals surface area contributed by atoms with E-state index in [9.17, 15) is 4.79 Å². The van der Waals surface area contributed by atoms with Gasteiger partial charge in [-0.25, -0.2) is 4.98 Å². The highest BCUT2D eigenvalue weighted by atomic mass is 16.2. The fourth-order valence-electron chi connectivity index (χ4n) is 3.46. The number of carbonyl (C=O) groups is 1. The number of hydrogen-bond donors (Lipinski definition) is 1. The number of nitrogens with one attached hydrogen (secondary N) is 1. The van der Waals surface area contributed by atoms with E-state index in [1.54, 1.807) is 6.20 Å². The van der Waals surface area contributed by atoms with E-state index in [0.29, 0.717) is 12.5 Å². The Morgan fingerprint density at radius 1 is 1.35 bits per heavy atom. The highest BCUT2D eigenvalue weighted by Crippen LogP contribution is 2.23. The number of nitrogens with zero attached hydrogens (tertiary/aromatic N) is 3. The van der Waals surface area contributed by atoms with Crippen molar-refractivity contribution in [2.24, 2.45) is 0 Å². The summed E-state index contributed by atoms with van der Waals surface area (Å²) in [4.78, 5) is 22.1. The van der Waals surface area contributed by atoms with Crippen LogP contribution in [0.3, 0.4) is 0 Å². The molecular formula is C18H20N4O. The minimum absolute atomic E-state index is 0.208. The Bertz CT molecular complexity index is 805. The number of aromatic nitrogens is 3. The highest BCUT2D eigenvalue weighted by Gasteiger charge is 2.24. The molecule has 1 aromatic carbocycles. The Hall–Kier alpha value is -2.56. The summed E-state index contributed by atoms with van der Waals surface area (Å²) >= 11 is 0. The summed E-state index contributed by atoms with van der Waals surface area (Å²) < 4.78 is 2.12. The molecule has 1 aliphatic rings. The quantitative estimate of drug-likeness (QED) is 0.809. The number of aromatic amines is 1. The zero-order valence-corrected chi connectivity index (χ0v) is 13.0. The number of hydrogen-bond acceptors (Lipinski definition) is 2. The van der Waals surface area contributed by atoms with E-state index in [2.05, 4.69) is 20.6 Å². The number of imidazole rings is 1. The van der Waals surface area contributed by atoms with Crippen LogP contribution in [0.15, 0.2) is 49.2 Å². The van der Waals surface area contributed by atoms with Crippen LogP contribution in [-0.2, 0) is 11.2 Å². The van der Waals surface area contributed by atoms with Crippen molar-refractivity contribution in [2.45, 2.75) is 25.3 Å². The van der Waals surface area contributed by atoms with Crippen LogP contribution in [0.25, 0.3) is 10.9 Å². The van der Waals surface area contributed by atoms with Gasteiger partial charge in [-0.05, 0) is 24.5 Å². The average Bonchev–Trinajstić information content (AvgIpc) is 3.25. The van der Waals surface area contributed by atoms with Crippen LogP contribution in [0, 0.1) is 0 Å².